The van der Waals surface area contributed by atoms with Gasteiger partial charge in [-0.25, -0.2) is 9.37 Å². The molecule has 0 amide bonds. The Kier molecular flexibility index (Phi) is 5.37. The molecule has 0 saturated carbocycles. The molecule has 0 N–H and O–H groups in total. The van der Waals surface area contributed by atoms with Gasteiger partial charge >= 0.3 is 0 Å². The fourth-order valence-electron chi connectivity index (χ4n) is 3.84. The molecule has 146 valence electrons. The number of thiazole rings is 1. The number of ketones is 1. The summed E-state index contributed by atoms with van der Waals surface area (Å²) >= 11 is 1.46. The van der Waals surface area contributed by atoms with Crippen molar-refractivity contribution < 1.29 is 9.18 Å². The fourth-order valence-corrected chi connectivity index (χ4v) is 4.60. The third-order valence-corrected chi connectivity index (χ3v) is 6.29. The van der Waals surface area contributed by atoms with E-state index < -0.39 is 0 Å². The van der Waals surface area contributed by atoms with E-state index in [-0.39, 0.29) is 23.1 Å². The Morgan fingerprint density at radius 2 is 1.96 bits per heavy atom. The second kappa shape index (κ2) is 7.93. The van der Waals surface area contributed by atoms with Crippen LogP contribution in [0.2, 0.25) is 0 Å². The third-order valence-electron chi connectivity index (χ3n) is 5.53. The number of piperidine rings is 1. The number of fused-ring (bicyclic) bond motifs is 1. The van der Waals surface area contributed by atoms with E-state index in [2.05, 4.69) is 9.88 Å². The molecule has 0 spiro atoms. The maximum atomic E-state index is 13.0. The summed E-state index contributed by atoms with van der Waals surface area (Å²) in [7, 11) is 0. The highest BCUT2D eigenvalue weighted by Crippen LogP contribution is 2.22. The number of hydrogen-bond acceptors (Lipinski definition) is 5. The van der Waals surface area contributed by atoms with E-state index in [1.54, 1.807) is 22.7 Å². The van der Waals surface area contributed by atoms with Gasteiger partial charge in [-0.15, -0.1) is 11.3 Å². The second-order valence-electron chi connectivity index (χ2n) is 7.27. The van der Waals surface area contributed by atoms with Crippen LogP contribution in [0, 0.1) is 18.7 Å². The molecule has 0 bridgehead atoms. The first-order chi connectivity index (χ1) is 13.5. The Bertz CT molecular complexity index is 1050. The molecule has 1 aliphatic heterocycles. The molecule has 1 aliphatic rings. The Hall–Kier alpha value is -2.38. The highest BCUT2D eigenvalue weighted by atomic mass is 32.1. The topological polar surface area (TPSA) is 54.7 Å². The number of hydrogen-bond donors (Lipinski definition) is 0. The summed E-state index contributed by atoms with van der Waals surface area (Å²) in [5.74, 6) is -0.244. The van der Waals surface area contributed by atoms with Crippen molar-refractivity contribution in [3.8, 4) is 0 Å². The first kappa shape index (κ1) is 19.0. The Morgan fingerprint density at radius 3 is 2.68 bits per heavy atom. The predicted octanol–water partition coefficient (Wildman–Crippen LogP) is 3.34. The number of aryl methyl sites for hydroxylation is 1. The molecular weight excluding hydrogens is 377 g/mol. The quantitative estimate of drug-likeness (QED) is 0.618. The average Bonchev–Trinajstić information content (AvgIpc) is 3.17. The average molecular weight is 399 g/mol. The van der Waals surface area contributed by atoms with E-state index in [1.807, 2.05) is 12.3 Å². The molecule has 0 atom stereocenters. The Labute approximate surface area is 166 Å². The van der Waals surface area contributed by atoms with Crippen molar-refractivity contribution >= 4 is 22.1 Å². The minimum absolute atomic E-state index is 0.0158. The van der Waals surface area contributed by atoms with Crippen LogP contribution in [0.4, 0.5) is 4.39 Å². The van der Waals surface area contributed by atoms with Gasteiger partial charge in [0.15, 0.2) is 10.7 Å². The van der Waals surface area contributed by atoms with Crippen LogP contribution >= 0.6 is 11.3 Å². The number of rotatable bonds is 5. The van der Waals surface area contributed by atoms with Crippen molar-refractivity contribution in [1.29, 1.82) is 0 Å². The first-order valence-corrected chi connectivity index (χ1v) is 10.4. The van der Waals surface area contributed by atoms with Crippen LogP contribution in [0.3, 0.4) is 0 Å². The SMILES string of the molecule is Cc1nc2sccn2c(=O)c1CCN1CCC(C(=O)c2ccc(F)cc2)CC1. The maximum absolute atomic E-state index is 13.0. The van der Waals surface area contributed by atoms with Crippen LogP contribution in [0.25, 0.3) is 4.96 Å². The molecule has 0 aliphatic carbocycles. The summed E-state index contributed by atoms with van der Waals surface area (Å²) in [5, 5.41) is 1.87. The van der Waals surface area contributed by atoms with Crippen LogP contribution in [-0.2, 0) is 6.42 Å². The number of carbonyl (C=O) groups excluding carboxylic acids is 1. The van der Waals surface area contributed by atoms with Crippen LogP contribution in [0.5, 0.6) is 0 Å². The van der Waals surface area contributed by atoms with Crippen molar-refractivity contribution in [3.05, 3.63) is 68.8 Å². The molecular formula is C21H22FN3O2S. The minimum atomic E-state index is -0.326. The van der Waals surface area contributed by atoms with Crippen LogP contribution in [0.15, 0.2) is 40.6 Å². The van der Waals surface area contributed by atoms with Gasteiger partial charge < -0.3 is 4.90 Å². The number of benzene rings is 1. The zero-order valence-corrected chi connectivity index (χ0v) is 16.5. The van der Waals surface area contributed by atoms with Crippen molar-refractivity contribution in [1.82, 2.24) is 14.3 Å². The van der Waals surface area contributed by atoms with Crippen molar-refractivity contribution in [2.75, 3.05) is 19.6 Å². The zero-order chi connectivity index (χ0) is 19.7. The molecule has 1 fully saturated rings. The molecule has 3 heterocycles. The lowest BCUT2D eigenvalue weighted by atomic mass is 9.89. The molecule has 1 aromatic carbocycles. The Morgan fingerprint density at radius 1 is 1.25 bits per heavy atom. The lowest BCUT2D eigenvalue weighted by Crippen LogP contribution is -2.38. The van der Waals surface area contributed by atoms with Gasteiger partial charge in [0.25, 0.3) is 5.56 Å². The molecule has 3 aromatic rings. The van der Waals surface area contributed by atoms with Gasteiger partial charge in [0.2, 0.25) is 0 Å². The number of likely N-dealkylation sites (tertiary alicyclic amines) is 1. The van der Waals surface area contributed by atoms with Gasteiger partial charge in [0, 0.05) is 40.9 Å². The summed E-state index contributed by atoms with van der Waals surface area (Å²) in [5.41, 5.74) is 2.16. The van der Waals surface area contributed by atoms with Crippen molar-refractivity contribution in [3.63, 3.8) is 0 Å². The molecule has 28 heavy (non-hydrogen) atoms. The molecule has 7 heteroatoms. The van der Waals surface area contributed by atoms with Gasteiger partial charge in [0.05, 0.1) is 0 Å². The summed E-state index contributed by atoms with van der Waals surface area (Å²) in [4.78, 5) is 32.8. The monoisotopic (exact) mass is 399 g/mol. The van der Waals surface area contributed by atoms with Gasteiger partial charge in [0.1, 0.15) is 5.82 Å². The summed E-state index contributed by atoms with van der Waals surface area (Å²) in [6, 6.07) is 5.80. The Balaban J connectivity index is 1.35. The summed E-state index contributed by atoms with van der Waals surface area (Å²) < 4.78 is 14.7. The smallest absolute Gasteiger partial charge is 0.261 e. The third kappa shape index (κ3) is 3.77. The minimum Gasteiger partial charge on any atom is -0.303 e. The molecule has 0 unspecified atom stereocenters. The van der Waals surface area contributed by atoms with E-state index in [0.29, 0.717) is 12.0 Å². The van der Waals surface area contributed by atoms with E-state index in [0.717, 1.165) is 48.7 Å². The lowest BCUT2D eigenvalue weighted by Gasteiger charge is -2.31. The summed E-state index contributed by atoms with van der Waals surface area (Å²) in [6.07, 6.45) is 4.00. The van der Waals surface area contributed by atoms with Crippen LogP contribution < -0.4 is 5.56 Å². The highest BCUT2D eigenvalue weighted by molar-refractivity contribution is 7.15. The number of halogens is 1. The van der Waals surface area contributed by atoms with Crippen LogP contribution in [-0.4, -0.2) is 39.7 Å². The number of carbonyl (C=O) groups is 1. The molecule has 1 saturated heterocycles. The van der Waals surface area contributed by atoms with E-state index in [4.69, 9.17) is 0 Å². The molecule has 2 aromatic heterocycles. The van der Waals surface area contributed by atoms with E-state index >= 15 is 0 Å². The lowest BCUT2D eigenvalue weighted by molar-refractivity contribution is 0.0841. The standard InChI is InChI=1S/C21H22FN3O2S/c1-14-18(20(27)25-12-13-28-21(25)23-14)8-11-24-9-6-16(7-10-24)19(26)15-2-4-17(22)5-3-15/h2-5,12-13,16H,6-11H2,1H3. The van der Waals surface area contributed by atoms with E-state index in [9.17, 15) is 14.0 Å². The van der Waals surface area contributed by atoms with Crippen molar-refractivity contribution in [2.24, 2.45) is 5.92 Å². The van der Waals surface area contributed by atoms with Crippen LogP contribution in [0.1, 0.15) is 34.5 Å². The van der Waals surface area contributed by atoms with Gasteiger partial charge in [-0.2, -0.15) is 0 Å². The predicted molar refractivity (Wildman–Crippen MR) is 108 cm³/mol. The van der Waals surface area contributed by atoms with E-state index in [1.165, 1.54) is 23.5 Å². The normalized spacial score (nSPS) is 15.9. The molecule has 4 rings (SSSR count). The molecule has 0 radical (unpaired) electrons. The zero-order valence-electron chi connectivity index (χ0n) is 15.7. The van der Waals surface area contributed by atoms with Gasteiger partial charge in [-0.1, -0.05) is 0 Å². The second-order valence-corrected chi connectivity index (χ2v) is 8.15. The highest BCUT2D eigenvalue weighted by Gasteiger charge is 2.26. The maximum Gasteiger partial charge on any atom is 0.261 e. The summed E-state index contributed by atoms with van der Waals surface area (Å²) in [6.45, 7) is 4.33. The number of aromatic nitrogens is 2. The van der Waals surface area contributed by atoms with Gasteiger partial charge in [-0.3, -0.25) is 14.0 Å². The van der Waals surface area contributed by atoms with Gasteiger partial charge in [-0.05, 0) is 63.5 Å². The number of Topliss-reactive ketones (excluding diaryl/α,β-unsaturated/α-hetero) is 1. The first-order valence-electron chi connectivity index (χ1n) is 9.50. The number of nitrogens with zero attached hydrogens (tertiary/aromatic N) is 3. The largest absolute Gasteiger partial charge is 0.303 e. The molecule has 5 nitrogen and oxygen atoms in total. The fraction of sp³-hybridized carbons (Fsp3) is 0.381. The van der Waals surface area contributed by atoms with Crippen molar-refractivity contribution in [2.45, 2.75) is 26.2 Å².